The third kappa shape index (κ3) is 6.70. The first-order chi connectivity index (χ1) is 17.4. The third-order valence-corrected chi connectivity index (χ3v) is 7.57. The molecule has 2 aromatic rings. The molecule has 3 amide bonds. The lowest BCUT2D eigenvalue weighted by Crippen LogP contribution is -2.34. The molecular weight excluding hydrogens is 544 g/mol. The minimum absolute atomic E-state index is 0.201. The van der Waals surface area contributed by atoms with Gasteiger partial charge in [0.25, 0.3) is 17.1 Å². The van der Waals surface area contributed by atoms with Crippen LogP contribution in [0.15, 0.2) is 51.8 Å². The summed E-state index contributed by atoms with van der Waals surface area (Å²) in [6.45, 7) is 2.53. The smallest absolute Gasteiger partial charge is 0.293 e. The molecule has 7 nitrogen and oxygen atoms in total. The number of amides is 3. The number of hydrogen-bond donors (Lipinski definition) is 1. The van der Waals surface area contributed by atoms with Crippen LogP contribution in [0.5, 0.6) is 11.5 Å². The summed E-state index contributed by atoms with van der Waals surface area (Å²) >= 11 is 4.47. The van der Waals surface area contributed by atoms with E-state index >= 15 is 0 Å². The van der Waals surface area contributed by atoms with Crippen molar-refractivity contribution in [2.75, 3.05) is 25.1 Å². The first kappa shape index (κ1) is 26.3. The fraction of sp³-hybridized carbons (Fsp3) is 0.370. The summed E-state index contributed by atoms with van der Waals surface area (Å²) in [6, 6.07) is 12.7. The number of nitrogens with one attached hydrogen (secondary N) is 1. The Labute approximate surface area is 223 Å². The minimum Gasteiger partial charge on any atom is -0.490 e. The highest BCUT2D eigenvalue weighted by Gasteiger charge is 2.36. The minimum atomic E-state index is -0.300. The van der Waals surface area contributed by atoms with Crippen LogP contribution in [0.2, 0.25) is 0 Å². The largest absolute Gasteiger partial charge is 0.490 e. The summed E-state index contributed by atoms with van der Waals surface area (Å²) in [5.41, 5.74) is 1.37. The van der Waals surface area contributed by atoms with E-state index in [1.54, 1.807) is 30.3 Å². The molecule has 1 aliphatic heterocycles. The van der Waals surface area contributed by atoms with Crippen molar-refractivity contribution in [1.82, 2.24) is 4.90 Å². The summed E-state index contributed by atoms with van der Waals surface area (Å²) in [4.78, 5) is 39.7. The van der Waals surface area contributed by atoms with Gasteiger partial charge in [0.1, 0.15) is 0 Å². The van der Waals surface area contributed by atoms with E-state index in [-0.39, 0.29) is 23.7 Å². The fourth-order valence-corrected chi connectivity index (χ4v) is 5.79. The van der Waals surface area contributed by atoms with Crippen LogP contribution in [0.1, 0.15) is 44.6 Å². The number of halogens is 1. The van der Waals surface area contributed by atoms with Crippen molar-refractivity contribution in [2.24, 2.45) is 5.92 Å². The number of rotatable bonds is 9. The van der Waals surface area contributed by atoms with Crippen LogP contribution in [0, 0.1) is 5.92 Å². The molecule has 4 rings (SSSR count). The maximum Gasteiger partial charge on any atom is 0.293 e. The molecule has 2 aliphatic rings. The lowest BCUT2D eigenvalue weighted by molar-refractivity contribution is -0.123. The molecule has 0 bridgehead atoms. The fourth-order valence-electron chi connectivity index (χ4n) is 4.37. The number of ether oxygens (including phenoxy) is 2. The summed E-state index contributed by atoms with van der Waals surface area (Å²) in [5, 5.41) is 2.56. The van der Waals surface area contributed by atoms with Gasteiger partial charge in [-0.25, -0.2) is 0 Å². The van der Waals surface area contributed by atoms with E-state index in [1.807, 2.05) is 25.1 Å². The van der Waals surface area contributed by atoms with Gasteiger partial charge in [-0.1, -0.05) is 37.5 Å². The number of anilines is 1. The molecule has 0 unspecified atom stereocenters. The highest BCUT2D eigenvalue weighted by Crippen LogP contribution is 2.40. The Morgan fingerprint density at radius 3 is 2.61 bits per heavy atom. The number of hydrogen-bond acceptors (Lipinski definition) is 6. The molecule has 0 atom stereocenters. The highest BCUT2D eigenvalue weighted by molar-refractivity contribution is 9.10. The van der Waals surface area contributed by atoms with Gasteiger partial charge in [0.2, 0.25) is 0 Å². The Morgan fingerprint density at radius 1 is 1.14 bits per heavy atom. The number of benzene rings is 2. The molecule has 1 saturated carbocycles. The predicted molar refractivity (Wildman–Crippen MR) is 145 cm³/mol. The number of imide groups is 1. The summed E-state index contributed by atoms with van der Waals surface area (Å²) in [6.07, 6.45) is 7.38. The van der Waals surface area contributed by atoms with Crippen LogP contribution in [0.4, 0.5) is 10.5 Å². The summed E-state index contributed by atoms with van der Waals surface area (Å²) in [7, 11) is 0. The van der Waals surface area contributed by atoms with Crippen LogP contribution in [0.25, 0.3) is 6.08 Å². The first-order valence-electron chi connectivity index (χ1n) is 12.1. The predicted octanol–water partition coefficient (Wildman–Crippen LogP) is 6.48. The van der Waals surface area contributed by atoms with E-state index < -0.39 is 0 Å². The second-order valence-corrected chi connectivity index (χ2v) is 10.6. The zero-order chi connectivity index (χ0) is 25.5. The van der Waals surface area contributed by atoms with E-state index in [1.165, 1.54) is 11.3 Å². The normalized spacial score (nSPS) is 17.5. The van der Waals surface area contributed by atoms with Gasteiger partial charge in [0.05, 0.1) is 16.0 Å². The second kappa shape index (κ2) is 12.5. The molecule has 1 saturated heterocycles. The average molecular weight is 574 g/mol. The number of carbonyl (C=O) groups is 3. The van der Waals surface area contributed by atoms with E-state index in [0.717, 1.165) is 37.4 Å². The SMILES string of the molecule is CCOc1cc(/C=C2/SC(=O)N(CC3CCCCC3)C2=O)cc(Br)c1OCC(=O)Nc1ccccc1. The van der Waals surface area contributed by atoms with Gasteiger partial charge in [0, 0.05) is 12.2 Å². The Bertz CT molecular complexity index is 1150. The number of nitrogens with zero attached hydrogens (tertiary/aromatic N) is 1. The zero-order valence-corrected chi connectivity index (χ0v) is 22.5. The topological polar surface area (TPSA) is 84.9 Å². The van der Waals surface area contributed by atoms with Crippen molar-refractivity contribution in [3.05, 3.63) is 57.4 Å². The van der Waals surface area contributed by atoms with Crippen molar-refractivity contribution < 1.29 is 23.9 Å². The van der Waals surface area contributed by atoms with Crippen LogP contribution in [-0.4, -0.2) is 41.7 Å². The molecule has 0 spiro atoms. The Hall–Kier alpha value is -2.78. The monoisotopic (exact) mass is 572 g/mol. The number of carbonyl (C=O) groups excluding carboxylic acids is 3. The van der Waals surface area contributed by atoms with E-state index in [0.29, 0.717) is 51.2 Å². The third-order valence-electron chi connectivity index (χ3n) is 6.07. The molecule has 190 valence electrons. The Kier molecular flexibility index (Phi) is 9.09. The molecule has 0 radical (unpaired) electrons. The molecule has 36 heavy (non-hydrogen) atoms. The van der Waals surface area contributed by atoms with Gasteiger partial charge in [-0.2, -0.15) is 0 Å². The quantitative estimate of drug-likeness (QED) is 0.346. The van der Waals surface area contributed by atoms with Gasteiger partial charge in [-0.3, -0.25) is 19.3 Å². The van der Waals surface area contributed by atoms with E-state index in [9.17, 15) is 14.4 Å². The molecule has 2 aromatic carbocycles. The number of thioether (sulfide) groups is 1. The molecule has 1 N–H and O–H groups in total. The standard InChI is InChI=1S/C27H29BrN2O5S/c1-2-34-22-14-19(13-21(28)25(22)35-17-24(31)29-20-11-7-4-8-12-20)15-23-26(32)30(27(33)36-23)16-18-9-5-3-6-10-18/h4,7-8,11-15,18H,2-3,5-6,9-10,16-17H2,1H3,(H,29,31)/b23-15+. The van der Waals surface area contributed by atoms with Crippen molar-refractivity contribution >= 4 is 56.5 Å². The van der Waals surface area contributed by atoms with Gasteiger partial charge in [-0.05, 0) is 89.3 Å². The first-order valence-corrected chi connectivity index (χ1v) is 13.7. The molecule has 1 aliphatic carbocycles. The maximum absolute atomic E-state index is 13.0. The Balaban J connectivity index is 1.46. The van der Waals surface area contributed by atoms with Crippen LogP contribution >= 0.6 is 27.7 Å². The van der Waals surface area contributed by atoms with Gasteiger partial charge in [0.15, 0.2) is 18.1 Å². The van der Waals surface area contributed by atoms with Crippen LogP contribution in [0.3, 0.4) is 0 Å². The highest BCUT2D eigenvalue weighted by atomic mass is 79.9. The molecule has 2 fully saturated rings. The van der Waals surface area contributed by atoms with Crippen molar-refractivity contribution in [1.29, 1.82) is 0 Å². The summed E-state index contributed by atoms with van der Waals surface area (Å²) in [5.74, 6) is 0.671. The second-order valence-electron chi connectivity index (χ2n) is 8.76. The molecule has 1 heterocycles. The summed E-state index contributed by atoms with van der Waals surface area (Å²) < 4.78 is 12.1. The molecule has 9 heteroatoms. The lowest BCUT2D eigenvalue weighted by atomic mass is 9.89. The molecule has 0 aromatic heterocycles. The van der Waals surface area contributed by atoms with E-state index in [4.69, 9.17) is 9.47 Å². The maximum atomic E-state index is 13.0. The average Bonchev–Trinajstić information content (AvgIpc) is 3.12. The van der Waals surface area contributed by atoms with Crippen molar-refractivity contribution in [3.63, 3.8) is 0 Å². The van der Waals surface area contributed by atoms with Crippen molar-refractivity contribution in [2.45, 2.75) is 39.0 Å². The Morgan fingerprint density at radius 2 is 1.89 bits per heavy atom. The number of para-hydroxylation sites is 1. The van der Waals surface area contributed by atoms with Crippen molar-refractivity contribution in [3.8, 4) is 11.5 Å². The van der Waals surface area contributed by atoms with Crippen LogP contribution in [-0.2, 0) is 9.59 Å². The van der Waals surface area contributed by atoms with Gasteiger partial charge in [-0.15, -0.1) is 0 Å². The zero-order valence-electron chi connectivity index (χ0n) is 20.1. The van der Waals surface area contributed by atoms with Gasteiger partial charge >= 0.3 is 0 Å². The molecular formula is C27H29BrN2O5S. The van der Waals surface area contributed by atoms with Crippen LogP contribution < -0.4 is 14.8 Å². The van der Waals surface area contributed by atoms with Gasteiger partial charge < -0.3 is 14.8 Å². The van der Waals surface area contributed by atoms with E-state index in [2.05, 4.69) is 21.2 Å². The lowest BCUT2D eigenvalue weighted by Gasteiger charge is -2.25.